The molecule has 0 radical (unpaired) electrons. The highest BCUT2D eigenvalue weighted by Crippen LogP contribution is 2.20. The summed E-state index contributed by atoms with van der Waals surface area (Å²) in [6, 6.07) is 11.9. The third kappa shape index (κ3) is 3.32. The van der Waals surface area contributed by atoms with Gasteiger partial charge in [0.05, 0.1) is 7.11 Å². The van der Waals surface area contributed by atoms with E-state index in [2.05, 4.69) is 22.6 Å². The molecule has 0 amide bonds. The summed E-state index contributed by atoms with van der Waals surface area (Å²) in [4.78, 5) is 12.1. The van der Waals surface area contributed by atoms with Gasteiger partial charge in [-0.25, -0.2) is 4.39 Å². The second kappa shape index (κ2) is 6.14. The maximum absolute atomic E-state index is 13.5. The van der Waals surface area contributed by atoms with Crippen LogP contribution >= 0.6 is 22.6 Å². The predicted molar refractivity (Wildman–Crippen MR) is 80.1 cm³/mol. The lowest BCUT2D eigenvalue weighted by Gasteiger charge is -2.06. The Labute approximate surface area is 124 Å². The lowest BCUT2D eigenvalue weighted by Crippen LogP contribution is -2.06. The van der Waals surface area contributed by atoms with Gasteiger partial charge in [-0.2, -0.15) is 0 Å². The molecule has 2 nitrogen and oxygen atoms in total. The lowest BCUT2D eigenvalue weighted by molar-refractivity contribution is 0.0992. The lowest BCUT2D eigenvalue weighted by atomic mass is 10.0. The highest BCUT2D eigenvalue weighted by Gasteiger charge is 2.11. The zero-order valence-corrected chi connectivity index (χ0v) is 12.5. The van der Waals surface area contributed by atoms with Gasteiger partial charge in [0.1, 0.15) is 0 Å². The van der Waals surface area contributed by atoms with Crippen molar-refractivity contribution in [3.63, 3.8) is 0 Å². The molecule has 19 heavy (non-hydrogen) atoms. The molecular weight excluding hydrogens is 358 g/mol. The number of ketones is 1. The van der Waals surface area contributed by atoms with Crippen LogP contribution in [0.5, 0.6) is 5.75 Å². The highest BCUT2D eigenvalue weighted by molar-refractivity contribution is 14.1. The highest BCUT2D eigenvalue weighted by atomic mass is 127. The van der Waals surface area contributed by atoms with Crippen LogP contribution in [0.25, 0.3) is 0 Å². The standard InChI is InChI=1S/C15H12FIO2/c1-19-15-7-6-10(8-12(15)16)9-14(18)11-4-2-3-5-13(11)17/h2-8H,9H2,1H3. The number of Topliss-reactive ketones (excluding diaryl/α,β-unsaturated/α-hetero) is 1. The molecule has 2 aromatic carbocycles. The van der Waals surface area contributed by atoms with Gasteiger partial charge >= 0.3 is 0 Å². The number of carbonyl (C=O) groups is 1. The Morgan fingerprint density at radius 3 is 2.63 bits per heavy atom. The molecule has 4 heteroatoms. The first-order valence-corrected chi connectivity index (χ1v) is 6.80. The summed E-state index contributed by atoms with van der Waals surface area (Å²) in [7, 11) is 1.41. The molecule has 0 fully saturated rings. The second-order valence-corrected chi connectivity index (χ2v) is 5.21. The fourth-order valence-electron chi connectivity index (χ4n) is 1.79. The average molecular weight is 370 g/mol. The topological polar surface area (TPSA) is 26.3 Å². The Hall–Kier alpha value is -1.43. The minimum atomic E-state index is -0.449. The zero-order valence-electron chi connectivity index (χ0n) is 10.3. The quantitative estimate of drug-likeness (QED) is 0.604. The second-order valence-electron chi connectivity index (χ2n) is 4.05. The van der Waals surface area contributed by atoms with E-state index in [0.29, 0.717) is 11.1 Å². The largest absolute Gasteiger partial charge is 0.494 e. The number of ether oxygens (including phenoxy) is 1. The van der Waals surface area contributed by atoms with Gasteiger partial charge in [-0.15, -0.1) is 0 Å². The van der Waals surface area contributed by atoms with Crippen molar-refractivity contribution in [1.29, 1.82) is 0 Å². The van der Waals surface area contributed by atoms with Crippen LogP contribution in [-0.4, -0.2) is 12.9 Å². The molecule has 2 aromatic rings. The van der Waals surface area contributed by atoms with Crippen molar-refractivity contribution < 1.29 is 13.9 Å². The molecule has 0 spiro atoms. The molecule has 0 atom stereocenters. The van der Waals surface area contributed by atoms with Crippen LogP contribution in [0, 0.1) is 9.39 Å². The molecule has 0 heterocycles. The third-order valence-corrected chi connectivity index (χ3v) is 3.70. The molecule has 98 valence electrons. The monoisotopic (exact) mass is 370 g/mol. The summed E-state index contributed by atoms with van der Waals surface area (Å²) in [5, 5.41) is 0. The zero-order chi connectivity index (χ0) is 13.8. The van der Waals surface area contributed by atoms with Gasteiger partial charge in [0.2, 0.25) is 0 Å². The van der Waals surface area contributed by atoms with Crippen molar-refractivity contribution in [2.45, 2.75) is 6.42 Å². The number of hydrogen-bond acceptors (Lipinski definition) is 2. The van der Waals surface area contributed by atoms with Crippen LogP contribution in [0.2, 0.25) is 0 Å². The van der Waals surface area contributed by atoms with Crippen molar-refractivity contribution in [2.75, 3.05) is 7.11 Å². The molecule has 0 saturated carbocycles. The number of methoxy groups -OCH3 is 1. The first-order valence-electron chi connectivity index (χ1n) is 5.72. The molecule has 0 aliphatic carbocycles. The van der Waals surface area contributed by atoms with E-state index in [1.165, 1.54) is 19.2 Å². The average Bonchev–Trinajstić information content (AvgIpc) is 2.39. The Balaban J connectivity index is 2.20. The van der Waals surface area contributed by atoms with Crippen LogP contribution < -0.4 is 4.74 Å². The van der Waals surface area contributed by atoms with E-state index in [-0.39, 0.29) is 18.0 Å². The van der Waals surface area contributed by atoms with Crippen molar-refractivity contribution in [2.24, 2.45) is 0 Å². The van der Waals surface area contributed by atoms with E-state index >= 15 is 0 Å². The Kier molecular flexibility index (Phi) is 4.52. The smallest absolute Gasteiger partial charge is 0.168 e. The molecular formula is C15H12FIO2. The van der Waals surface area contributed by atoms with E-state index < -0.39 is 5.82 Å². The van der Waals surface area contributed by atoms with Gasteiger partial charge in [0.15, 0.2) is 17.3 Å². The minimum Gasteiger partial charge on any atom is -0.494 e. The molecule has 0 unspecified atom stereocenters. The maximum atomic E-state index is 13.5. The summed E-state index contributed by atoms with van der Waals surface area (Å²) in [5.41, 5.74) is 1.31. The molecule has 0 aromatic heterocycles. The van der Waals surface area contributed by atoms with E-state index in [4.69, 9.17) is 4.74 Å². The number of hydrogen-bond donors (Lipinski definition) is 0. The molecule has 0 saturated heterocycles. The van der Waals surface area contributed by atoms with Crippen LogP contribution in [0.3, 0.4) is 0 Å². The van der Waals surface area contributed by atoms with E-state index in [1.54, 1.807) is 12.1 Å². The van der Waals surface area contributed by atoms with E-state index in [0.717, 1.165) is 3.57 Å². The molecule has 0 N–H and O–H groups in total. The van der Waals surface area contributed by atoms with Crippen molar-refractivity contribution in [1.82, 2.24) is 0 Å². The van der Waals surface area contributed by atoms with Crippen LogP contribution in [0.1, 0.15) is 15.9 Å². The first-order chi connectivity index (χ1) is 9.11. The Morgan fingerprint density at radius 2 is 2.00 bits per heavy atom. The number of rotatable bonds is 4. The van der Waals surface area contributed by atoms with Gasteiger partial charge in [-0.1, -0.05) is 24.3 Å². The Morgan fingerprint density at radius 1 is 1.26 bits per heavy atom. The first kappa shape index (κ1) is 14.0. The predicted octanol–water partition coefficient (Wildman–Crippen LogP) is 3.86. The summed E-state index contributed by atoms with van der Waals surface area (Å²) < 4.78 is 19.3. The Bertz CT molecular complexity index is 611. The summed E-state index contributed by atoms with van der Waals surface area (Å²) in [6.45, 7) is 0. The van der Waals surface area contributed by atoms with Gasteiger partial charge in [0, 0.05) is 15.6 Å². The fourth-order valence-corrected chi connectivity index (χ4v) is 2.48. The third-order valence-electron chi connectivity index (χ3n) is 2.76. The van der Waals surface area contributed by atoms with Crippen LogP contribution in [0.15, 0.2) is 42.5 Å². The number of halogens is 2. The van der Waals surface area contributed by atoms with E-state index in [1.807, 2.05) is 18.2 Å². The molecule has 0 aliphatic heterocycles. The minimum absolute atomic E-state index is 0.0189. The number of carbonyl (C=O) groups excluding carboxylic acids is 1. The normalized spacial score (nSPS) is 10.3. The number of benzene rings is 2. The van der Waals surface area contributed by atoms with Gasteiger partial charge in [-0.05, 0) is 46.4 Å². The van der Waals surface area contributed by atoms with Crippen LogP contribution in [-0.2, 0) is 6.42 Å². The fraction of sp³-hybridized carbons (Fsp3) is 0.133. The summed E-state index contributed by atoms with van der Waals surface area (Å²) in [6.07, 6.45) is 0.181. The van der Waals surface area contributed by atoms with Crippen molar-refractivity contribution >= 4 is 28.4 Å². The van der Waals surface area contributed by atoms with Crippen molar-refractivity contribution in [3.05, 3.63) is 63.0 Å². The SMILES string of the molecule is COc1ccc(CC(=O)c2ccccc2I)cc1F. The summed E-state index contributed by atoms with van der Waals surface area (Å²) in [5.74, 6) is -0.282. The van der Waals surface area contributed by atoms with Crippen LogP contribution in [0.4, 0.5) is 4.39 Å². The van der Waals surface area contributed by atoms with Gasteiger partial charge in [-0.3, -0.25) is 4.79 Å². The van der Waals surface area contributed by atoms with Gasteiger partial charge in [0.25, 0.3) is 0 Å². The van der Waals surface area contributed by atoms with Gasteiger partial charge < -0.3 is 4.74 Å². The molecule has 0 aliphatic rings. The van der Waals surface area contributed by atoms with E-state index in [9.17, 15) is 9.18 Å². The van der Waals surface area contributed by atoms with Crippen molar-refractivity contribution in [3.8, 4) is 5.75 Å². The molecule has 2 rings (SSSR count). The maximum Gasteiger partial charge on any atom is 0.168 e. The molecule has 0 bridgehead atoms. The summed E-state index contributed by atoms with van der Waals surface area (Å²) >= 11 is 2.12.